The number of hydrogen-bond donors (Lipinski definition) is 1. The highest BCUT2D eigenvalue weighted by atomic mass is 32.1. The third kappa shape index (κ3) is 2.93. The number of benzene rings is 1. The average Bonchev–Trinajstić information content (AvgIpc) is 3.15. The number of H-pyrrole nitrogens is 1. The number of hydrogen-bond acceptors (Lipinski definition) is 5. The number of ether oxygens (including phenoxy) is 2. The molecule has 2 heterocycles. The summed E-state index contributed by atoms with van der Waals surface area (Å²) in [5, 5.41) is 11.2. The van der Waals surface area contributed by atoms with Crippen molar-refractivity contribution in [2.45, 2.75) is 18.9 Å². The quantitative estimate of drug-likeness (QED) is 0.694. The monoisotopic (exact) mass is 322 g/mol. The van der Waals surface area contributed by atoms with Crippen molar-refractivity contribution in [2.24, 2.45) is 5.10 Å². The molecule has 1 atom stereocenters. The van der Waals surface area contributed by atoms with Gasteiger partial charge in [-0.2, -0.15) is 14.9 Å². The third-order valence-corrected chi connectivity index (χ3v) is 3.66. The highest BCUT2D eigenvalue weighted by Gasteiger charge is 2.23. The fraction of sp³-hybridized carbons (Fsp3) is 0.357. The zero-order valence-electron chi connectivity index (χ0n) is 12.0. The van der Waals surface area contributed by atoms with Crippen LogP contribution in [0, 0.1) is 10.6 Å². The van der Waals surface area contributed by atoms with Crippen molar-refractivity contribution in [3.05, 3.63) is 40.2 Å². The Morgan fingerprint density at radius 3 is 3.14 bits per heavy atom. The van der Waals surface area contributed by atoms with Crippen LogP contribution in [0.25, 0.3) is 0 Å². The molecule has 0 saturated carbocycles. The Balaban J connectivity index is 1.88. The average molecular weight is 322 g/mol. The van der Waals surface area contributed by atoms with Gasteiger partial charge >= 0.3 is 0 Å². The van der Waals surface area contributed by atoms with Crippen LogP contribution in [-0.4, -0.2) is 34.8 Å². The number of rotatable bonds is 4. The van der Waals surface area contributed by atoms with Gasteiger partial charge in [0.25, 0.3) is 0 Å². The standard InChI is InChI=1S/C14H15FN4O2S/c1-20-11-5-4-9(7-10(11)15)8-16-19-13(17-18-14(19)22)12-3-2-6-21-12/h4-5,7-8,12H,2-3,6H2,1H3,(H,18,22)/b16-8-/t12-/m0/s1. The summed E-state index contributed by atoms with van der Waals surface area (Å²) >= 11 is 5.17. The highest BCUT2D eigenvalue weighted by Crippen LogP contribution is 2.27. The third-order valence-electron chi connectivity index (χ3n) is 3.39. The van der Waals surface area contributed by atoms with Gasteiger partial charge in [0.05, 0.1) is 13.3 Å². The minimum atomic E-state index is -0.443. The van der Waals surface area contributed by atoms with Gasteiger partial charge in [-0.1, -0.05) is 0 Å². The van der Waals surface area contributed by atoms with Gasteiger partial charge in [-0.3, -0.25) is 5.10 Å². The molecule has 1 N–H and O–H groups in total. The van der Waals surface area contributed by atoms with Gasteiger partial charge in [0.15, 0.2) is 17.4 Å². The van der Waals surface area contributed by atoms with E-state index in [2.05, 4.69) is 15.3 Å². The summed E-state index contributed by atoms with van der Waals surface area (Å²) in [5.41, 5.74) is 0.597. The molecule has 1 aromatic carbocycles. The molecule has 0 radical (unpaired) electrons. The van der Waals surface area contributed by atoms with E-state index in [-0.39, 0.29) is 11.9 Å². The van der Waals surface area contributed by atoms with Crippen LogP contribution in [0.2, 0.25) is 0 Å². The number of methoxy groups -OCH3 is 1. The smallest absolute Gasteiger partial charge is 0.216 e. The lowest BCUT2D eigenvalue weighted by atomic mass is 10.2. The first-order chi connectivity index (χ1) is 10.7. The largest absolute Gasteiger partial charge is 0.494 e. The van der Waals surface area contributed by atoms with Crippen LogP contribution in [0.15, 0.2) is 23.3 Å². The first kappa shape index (κ1) is 14.9. The summed E-state index contributed by atoms with van der Waals surface area (Å²) < 4.78 is 26.0. The molecule has 8 heteroatoms. The number of nitrogens with one attached hydrogen (secondary N) is 1. The molecule has 116 valence electrons. The first-order valence-electron chi connectivity index (χ1n) is 6.86. The van der Waals surface area contributed by atoms with Gasteiger partial charge in [-0.25, -0.2) is 4.39 Å². The molecule has 6 nitrogen and oxygen atoms in total. The molecule has 3 rings (SSSR count). The van der Waals surface area contributed by atoms with E-state index in [0.717, 1.165) is 12.8 Å². The molecular weight excluding hydrogens is 307 g/mol. The summed E-state index contributed by atoms with van der Waals surface area (Å²) in [6, 6.07) is 4.60. The van der Waals surface area contributed by atoms with Crippen LogP contribution < -0.4 is 4.74 Å². The van der Waals surface area contributed by atoms with Crippen molar-refractivity contribution in [1.82, 2.24) is 14.9 Å². The maximum Gasteiger partial charge on any atom is 0.216 e. The molecule has 0 unspecified atom stereocenters. The predicted octanol–water partition coefficient (Wildman–Crippen LogP) is 2.82. The van der Waals surface area contributed by atoms with Crippen molar-refractivity contribution in [2.75, 3.05) is 13.7 Å². The van der Waals surface area contributed by atoms with Crippen LogP contribution >= 0.6 is 12.2 Å². The molecule has 1 aromatic heterocycles. The van der Waals surface area contributed by atoms with Gasteiger partial charge in [0, 0.05) is 6.61 Å². The second-order valence-electron chi connectivity index (χ2n) is 4.84. The van der Waals surface area contributed by atoms with Gasteiger partial charge in [-0.05, 0) is 48.8 Å². The lowest BCUT2D eigenvalue weighted by Gasteiger charge is -2.07. The van der Waals surface area contributed by atoms with E-state index < -0.39 is 5.82 Å². The lowest BCUT2D eigenvalue weighted by Crippen LogP contribution is -2.05. The van der Waals surface area contributed by atoms with E-state index in [4.69, 9.17) is 21.7 Å². The number of halogens is 1. The Labute approximate surface area is 131 Å². The Morgan fingerprint density at radius 2 is 2.45 bits per heavy atom. The molecule has 0 bridgehead atoms. The first-order valence-corrected chi connectivity index (χ1v) is 7.26. The van der Waals surface area contributed by atoms with Crippen LogP contribution in [0.3, 0.4) is 0 Å². The molecule has 22 heavy (non-hydrogen) atoms. The minimum Gasteiger partial charge on any atom is -0.494 e. The summed E-state index contributed by atoms with van der Waals surface area (Å²) in [7, 11) is 1.42. The molecule has 0 aliphatic carbocycles. The summed E-state index contributed by atoms with van der Waals surface area (Å²) in [4.78, 5) is 0. The summed E-state index contributed by atoms with van der Waals surface area (Å²) in [5.74, 6) is 0.381. The Bertz CT molecular complexity index is 750. The normalized spacial score (nSPS) is 18.2. The van der Waals surface area contributed by atoms with Gasteiger partial charge in [0.2, 0.25) is 4.77 Å². The van der Waals surface area contributed by atoms with Crippen molar-refractivity contribution >= 4 is 18.4 Å². The number of aromatic amines is 1. The van der Waals surface area contributed by atoms with E-state index >= 15 is 0 Å². The SMILES string of the molecule is COc1ccc(/C=N\n2c([C@@H]3CCCO3)n[nH]c2=S)cc1F. The number of nitrogens with zero attached hydrogens (tertiary/aromatic N) is 3. The van der Waals surface area contributed by atoms with E-state index in [1.807, 2.05) is 0 Å². The summed E-state index contributed by atoms with van der Waals surface area (Å²) in [6.45, 7) is 0.706. The minimum absolute atomic E-state index is 0.113. The van der Waals surface area contributed by atoms with Crippen molar-refractivity contribution in [3.8, 4) is 5.75 Å². The van der Waals surface area contributed by atoms with Crippen molar-refractivity contribution in [3.63, 3.8) is 0 Å². The molecule has 0 spiro atoms. The van der Waals surface area contributed by atoms with E-state index in [1.54, 1.807) is 12.1 Å². The molecule has 1 aliphatic rings. The van der Waals surface area contributed by atoms with Crippen molar-refractivity contribution < 1.29 is 13.9 Å². The maximum atomic E-state index is 13.7. The highest BCUT2D eigenvalue weighted by molar-refractivity contribution is 7.71. The molecule has 1 fully saturated rings. The van der Waals surface area contributed by atoms with Crippen LogP contribution in [0.4, 0.5) is 4.39 Å². The second kappa shape index (κ2) is 6.37. The molecule has 1 saturated heterocycles. The van der Waals surface area contributed by atoms with E-state index in [9.17, 15) is 4.39 Å². The predicted molar refractivity (Wildman–Crippen MR) is 81.3 cm³/mol. The van der Waals surface area contributed by atoms with E-state index in [0.29, 0.717) is 22.8 Å². The lowest BCUT2D eigenvalue weighted by molar-refractivity contribution is 0.102. The van der Waals surface area contributed by atoms with Crippen LogP contribution in [0.5, 0.6) is 5.75 Å². The van der Waals surface area contributed by atoms with Gasteiger partial charge in [0.1, 0.15) is 6.10 Å². The van der Waals surface area contributed by atoms with Crippen LogP contribution in [0.1, 0.15) is 30.3 Å². The van der Waals surface area contributed by atoms with Gasteiger partial charge < -0.3 is 9.47 Å². The second-order valence-corrected chi connectivity index (χ2v) is 5.23. The van der Waals surface area contributed by atoms with E-state index in [1.165, 1.54) is 24.1 Å². The number of aromatic nitrogens is 3. The van der Waals surface area contributed by atoms with Gasteiger partial charge in [-0.15, -0.1) is 0 Å². The zero-order chi connectivity index (χ0) is 15.5. The molecule has 2 aromatic rings. The topological polar surface area (TPSA) is 64.4 Å². The Morgan fingerprint density at radius 1 is 1.59 bits per heavy atom. The molecule has 1 aliphatic heterocycles. The summed E-state index contributed by atoms with van der Waals surface area (Å²) in [6.07, 6.45) is 3.27. The fourth-order valence-corrected chi connectivity index (χ4v) is 2.48. The zero-order valence-corrected chi connectivity index (χ0v) is 12.8. The Hall–Kier alpha value is -2.06. The molecular formula is C14H15FN4O2S. The molecule has 0 amide bonds. The van der Waals surface area contributed by atoms with Crippen LogP contribution in [-0.2, 0) is 4.74 Å². The van der Waals surface area contributed by atoms with Crippen molar-refractivity contribution in [1.29, 1.82) is 0 Å². The Kier molecular flexibility index (Phi) is 4.30. The maximum absolute atomic E-state index is 13.7. The fourth-order valence-electron chi connectivity index (χ4n) is 2.29.